The Morgan fingerprint density at radius 2 is 2.15 bits per heavy atom. The summed E-state index contributed by atoms with van der Waals surface area (Å²) in [4.78, 5) is 12.1. The molecule has 0 unspecified atom stereocenters. The highest BCUT2D eigenvalue weighted by molar-refractivity contribution is 6.19. The van der Waals surface area contributed by atoms with Gasteiger partial charge in [0.25, 0.3) is 0 Å². The number of para-hydroxylation sites is 1. The molecule has 1 aliphatic heterocycles. The lowest BCUT2D eigenvalue weighted by Crippen LogP contribution is -2.11. The van der Waals surface area contributed by atoms with Crippen molar-refractivity contribution < 1.29 is 9.53 Å². The fraction of sp³-hybridized carbons (Fsp3) is 0.188. The third kappa shape index (κ3) is 1.72. The summed E-state index contributed by atoms with van der Waals surface area (Å²) in [6.45, 7) is 2.86. The second-order valence-electron chi connectivity index (χ2n) is 4.57. The standard InChI is InChI=1S/C16H16N2O2/c1-3-18-14-7-5-4-6-11(14)12-8-9-17-10-13(15(12)18)16(19)20-2/h4-10,17H,3H2,1-2H3. The first-order valence-electron chi connectivity index (χ1n) is 6.60. The van der Waals surface area contributed by atoms with Gasteiger partial charge < -0.3 is 14.6 Å². The van der Waals surface area contributed by atoms with E-state index in [1.807, 2.05) is 24.4 Å². The molecular formula is C16H16N2O2. The van der Waals surface area contributed by atoms with Gasteiger partial charge in [0.2, 0.25) is 0 Å². The fourth-order valence-electron chi connectivity index (χ4n) is 2.71. The molecule has 1 N–H and O–H groups in total. The molecule has 4 heteroatoms. The van der Waals surface area contributed by atoms with E-state index in [2.05, 4.69) is 28.9 Å². The first-order valence-corrected chi connectivity index (χ1v) is 6.60. The van der Waals surface area contributed by atoms with Gasteiger partial charge in [-0.15, -0.1) is 0 Å². The number of fused-ring (bicyclic) bond motifs is 3. The first-order chi connectivity index (χ1) is 9.77. The second kappa shape index (κ2) is 4.89. The molecule has 1 aromatic heterocycles. The molecule has 3 rings (SSSR count). The fourth-order valence-corrected chi connectivity index (χ4v) is 2.71. The molecule has 4 nitrogen and oxygen atoms in total. The van der Waals surface area contributed by atoms with Crippen LogP contribution in [0.2, 0.25) is 0 Å². The number of nitrogens with zero attached hydrogens (tertiary/aromatic N) is 1. The van der Waals surface area contributed by atoms with Gasteiger partial charge in [-0.05, 0) is 19.1 Å². The molecule has 20 heavy (non-hydrogen) atoms. The van der Waals surface area contributed by atoms with E-state index in [0.29, 0.717) is 5.57 Å². The van der Waals surface area contributed by atoms with E-state index in [-0.39, 0.29) is 5.97 Å². The van der Waals surface area contributed by atoms with E-state index in [1.54, 1.807) is 6.20 Å². The zero-order valence-electron chi connectivity index (χ0n) is 11.5. The number of rotatable bonds is 2. The van der Waals surface area contributed by atoms with E-state index in [4.69, 9.17) is 4.74 Å². The van der Waals surface area contributed by atoms with Crippen molar-refractivity contribution in [3.8, 4) is 0 Å². The second-order valence-corrected chi connectivity index (χ2v) is 4.57. The molecule has 1 aromatic carbocycles. The van der Waals surface area contributed by atoms with Gasteiger partial charge in [0.15, 0.2) is 0 Å². The first kappa shape index (κ1) is 12.5. The third-order valence-electron chi connectivity index (χ3n) is 3.56. The largest absolute Gasteiger partial charge is 0.465 e. The molecule has 0 saturated heterocycles. The normalized spacial score (nSPS) is 13.4. The lowest BCUT2D eigenvalue weighted by Gasteiger charge is -2.10. The molecule has 0 spiro atoms. The minimum Gasteiger partial charge on any atom is -0.465 e. The van der Waals surface area contributed by atoms with Gasteiger partial charge in [-0.3, -0.25) is 0 Å². The SMILES string of the molecule is CCn1c2c(c3ccccc31)C=CNC=C2C(=O)OC. The summed E-state index contributed by atoms with van der Waals surface area (Å²) in [5.74, 6) is -0.333. The Morgan fingerprint density at radius 3 is 2.90 bits per heavy atom. The van der Waals surface area contributed by atoms with Crippen LogP contribution in [0.25, 0.3) is 22.6 Å². The maximum atomic E-state index is 12.1. The Balaban J connectivity index is 2.38. The Hall–Kier alpha value is -2.49. The maximum Gasteiger partial charge on any atom is 0.341 e. The van der Waals surface area contributed by atoms with Gasteiger partial charge in [-0.25, -0.2) is 4.79 Å². The Kier molecular flexibility index (Phi) is 3.06. The summed E-state index contributed by atoms with van der Waals surface area (Å²) < 4.78 is 7.05. The maximum absolute atomic E-state index is 12.1. The van der Waals surface area contributed by atoms with Crippen molar-refractivity contribution in [2.75, 3.05) is 7.11 Å². The van der Waals surface area contributed by atoms with E-state index < -0.39 is 0 Å². The summed E-state index contributed by atoms with van der Waals surface area (Å²) >= 11 is 0. The molecule has 0 bridgehead atoms. The third-order valence-corrected chi connectivity index (χ3v) is 3.56. The van der Waals surface area contributed by atoms with E-state index in [1.165, 1.54) is 7.11 Å². The predicted octanol–water partition coefficient (Wildman–Crippen LogP) is 2.75. The van der Waals surface area contributed by atoms with Crippen molar-refractivity contribution in [2.45, 2.75) is 13.5 Å². The number of hydrogen-bond acceptors (Lipinski definition) is 3. The van der Waals surface area contributed by atoms with Crippen molar-refractivity contribution in [1.82, 2.24) is 9.88 Å². The summed E-state index contributed by atoms with van der Waals surface area (Å²) in [6.07, 6.45) is 5.52. The van der Waals surface area contributed by atoms with E-state index in [0.717, 1.165) is 28.7 Å². The highest BCUT2D eigenvalue weighted by Crippen LogP contribution is 2.33. The van der Waals surface area contributed by atoms with Crippen molar-refractivity contribution >= 4 is 28.5 Å². The average molecular weight is 268 g/mol. The molecule has 0 aliphatic carbocycles. The van der Waals surface area contributed by atoms with Crippen molar-refractivity contribution in [3.05, 3.63) is 47.9 Å². The molecule has 2 heterocycles. The van der Waals surface area contributed by atoms with Crippen LogP contribution in [0.3, 0.4) is 0 Å². The number of hydrogen-bond donors (Lipinski definition) is 1. The zero-order chi connectivity index (χ0) is 14.1. The molecule has 0 saturated carbocycles. The molecule has 2 aromatic rings. The Labute approximate surface area is 117 Å². The summed E-state index contributed by atoms with van der Waals surface area (Å²) in [5.41, 5.74) is 3.62. The van der Waals surface area contributed by atoms with Crippen LogP contribution in [0.1, 0.15) is 18.2 Å². The van der Waals surface area contributed by atoms with Crippen molar-refractivity contribution in [1.29, 1.82) is 0 Å². The summed E-state index contributed by atoms with van der Waals surface area (Å²) in [7, 11) is 1.40. The van der Waals surface area contributed by atoms with Crippen LogP contribution in [0.15, 0.2) is 36.7 Å². The number of benzene rings is 1. The van der Waals surface area contributed by atoms with Gasteiger partial charge in [-0.1, -0.05) is 18.2 Å². The van der Waals surface area contributed by atoms with Crippen molar-refractivity contribution in [2.24, 2.45) is 0 Å². The number of aromatic nitrogens is 1. The quantitative estimate of drug-likeness (QED) is 0.852. The van der Waals surface area contributed by atoms with E-state index in [9.17, 15) is 4.79 Å². The monoisotopic (exact) mass is 268 g/mol. The van der Waals surface area contributed by atoms with Gasteiger partial charge in [0.05, 0.1) is 18.4 Å². The Bertz CT molecular complexity index is 738. The van der Waals surface area contributed by atoms with Crippen LogP contribution in [-0.2, 0) is 16.1 Å². The highest BCUT2D eigenvalue weighted by atomic mass is 16.5. The number of nitrogens with one attached hydrogen (secondary N) is 1. The van der Waals surface area contributed by atoms with Crippen LogP contribution >= 0.6 is 0 Å². The highest BCUT2D eigenvalue weighted by Gasteiger charge is 2.23. The number of carbonyl (C=O) groups excluding carboxylic acids is 1. The predicted molar refractivity (Wildman–Crippen MR) is 79.8 cm³/mol. The minimum atomic E-state index is -0.333. The average Bonchev–Trinajstić information content (AvgIpc) is 2.65. The number of carbonyl (C=O) groups is 1. The zero-order valence-corrected chi connectivity index (χ0v) is 11.5. The number of esters is 1. The molecule has 0 amide bonds. The smallest absolute Gasteiger partial charge is 0.341 e. The number of aryl methyl sites for hydroxylation is 1. The van der Waals surface area contributed by atoms with Crippen LogP contribution < -0.4 is 5.32 Å². The van der Waals surface area contributed by atoms with Crippen molar-refractivity contribution in [3.63, 3.8) is 0 Å². The van der Waals surface area contributed by atoms with Crippen LogP contribution in [0.5, 0.6) is 0 Å². The van der Waals surface area contributed by atoms with Gasteiger partial charge >= 0.3 is 5.97 Å². The molecule has 1 aliphatic rings. The van der Waals surface area contributed by atoms with Gasteiger partial charge in [0, 0.05) is 35.4 Å². The molecule has 0 atom stereocenters. The number of ether oxygens (including phenoxy) is 1. The molecular weight excluding hydrogens is 252 g/mol. The van der Waals surface area contributed by atoms with Crippen LogP contribution in [0.4, 0.5) is 0 Å². The number of methoxy groups -OCH3 is 1. The molecule has 0 radical (unpaired) electrons. The summed E-state index contributed by atoms with van der Waals surface area (Å²) in [5, 5.41) is 4.14. The Morgan fingerprint density at radius 1 is 1.35 bits per heavy atom. The molecule has 102 valence electrons. The van der Waals surface area contributed by atoms with Crippen LogP contribution in [0, 0.1) is 0 Å². The topological polar surface area (TPSA) is 43.3 Å². The minimum absolute atomic E-state index is 0.333. The van der Waals surface area contributed by atoms with E-state index >= 15 is 0 Å². The lowest BCUT2D eigenvalue weighted by atomic mass is 10.1. The molecule has 0 fully saturated rings. The summed E-state index contributed by atoms with van der Waals surface area (Å²) in [6, 6.07) is 8.17. The lowest BCUT2D eigenvalue weighted by molar-refractivity contribution is -0.133. The van der Waals surface area contributed by atoms with Crippen LogP contribution in [-0.4, -0.2) is 17.6 Å². The van der Waals surface area contributed by atoms with Gasteiger partial charge in [0.1, 0.15) is 0 Å². The van der Waals surface area contributed by atoms with Gasteiger partial charge in [-0.2, -0.15) is 0 Å².